The van der Waals surface area contributed by atoms with Crippen molar-refractivity contribution in [3.05, 3.63) is 24.0 Å². The van der Waals surface area contributed by atoms with E-state index < -0.39 is 0 Å². The highest BCUT2D eigenvalue weighted by Crippen LogP contribution is 2.36. The molecule has 0 atom stereocenters. The maximum Gasteiger partial charge on any atom is 0.131 e. The van der Waals surface area contributed by atoms with E-state index in [1.807, 2.05) is 6.07 Å². The molecule has 0 heterocycles. The third-order valence-electron chi connectivity index (χ3n) is 1.19. The summed E-state index contributed by atoms with van der Waals surface area (Å²) < 4.78 is 12.1. The van der Waals surface area contributed by atoms with Gasteiger partial charge >= 0.3 is 0 Å². The third-order valence-corrected chi connectivity index (χ3v) is 1.19. The van der Waals surface area contributed by atoms with Crippen molar-refractivity contribution in [1.29, 1.82) is 0 Å². The van der Waals surface area contributed by atoms with Crippen LogP contribution in [0.3, 0.4) is 0 Å². The van der Waals surface area contributed by atoms with Crippen LogP contribution < -0.4 is 11.7 Å². The minimum atomic E-state index is -0.0741. The molecule has 2 rings (SSSR count). The summed E-state index contributed by atoms with van der Waals surface area (Å²) in [5, 5.41) is 0. The van der Waals surface area contributed by atoms with Gasteiger partial charge in [-0.15, -0.1) is 0 Å². The highest BCUT2D eigenvalue weighted by atomic mass is 19.1. The Labute approximate surface area is 52.2 Å². The van der Waals surface area contributed by atoms with Crippen molar-refractivity contribution in [1.82, 2.24) is 0 Å². The van der Waals surface area contributed by atoms with E-state index in [2.05, 4.69) is 11.7 Å². The molecule has 0 radical (unpaired) electrons. The van der Waals surface area contributed by atoms with Crippen molar-refractivity contribution < 1.29 is 4.39 Å². The summed E-state index contributed by atoms with van der Waals surface area (Å²) in [5.41, 5.74) is 1.87. The van der Waals surface area contributed by atoms with Crippen LogP contribution in [0.1, 0.15) is 0 Å². The van der Waals surface area contributed by atoms with E-state index in [0.717, 1.165) is 11.1 Å². The number of hydrogen-bond acceptors (Lipinski definition) is 2. The average Bonchev–Trinajstić information content (AvgIpc) is 2.61. The van der Waals surface area contributed by atoms with Crippen molar-refractivity contribution in [2.24, 2.45) is 11.7 Å². The fourth-order valence-electron chi connectivity index (χ4n) is 0.717. The Kier molecular flexibility index (Phi) is 1.46. The Morgan fingerprint density at radius 3 is 2.00 bits per heavy atom. The van der Waals surface area contributed by atoms with Gasteiger partial charge in [0.05, 0.1) is 0 Å². The summed E-state index contributed by atoms with van der Waals surface area (Å²) in [4.78, 5) is 0. The van der Waals surface area contributed by atoms with Crippen LogP contribution in [0.15, 0.2) is 18.2 Å². The van der Waals surface area contributed by atoms with Crippen LogP contribution in [-0.2, 0) is 0 Å². The molecule has 0 aromatic rings. The predicted molar refractivity (Wildman–Crippen MR) is 33.8 cm³/mol. The quantitative estimate of drug-likeness (QED) is 0.401. The van der Waals surface area contributed by atoms with E-state index in [0.29, 0.717) is 0 Å². The van der Waals surface area contributed by atoms with Gasteiger partial charge in [0.2, 0.25) is 0 Å². The Bertz CT molecular complexity index is 222. The van der Waals surface area contributed by atoms with Crippen molar-refractivity contribution >= 4 is 0 Å². The second-order valence-electron chi connectivity index (χ2n) is 1.69. The predicted octanol–water partition coefficient (Wildman–Crippen LogP) is 0.625. The molecule has 0 fully saturated rings. The first-order valence-electron chi connectivity index (χ1n) is 2.51. The topological polar surface area (TPSA) is 52.0 Å². The van der Waals surface area contributed by atoms with Gasteiger partial charge in [-0.2, -0.15) is 0 Å². The first-order chi connectivity index (χ1) is 4.38. The van der Waals surface area contributed by atoms with Crippen LogP contribution in [0.25, 0.3) is 11.1 Å². The van der Waals surface area contributed by atoms with E-state index in [4.69, 9.17) is 0 Å². The molecule has 0 saturated heterocycles. The van der Waals surface area contributed by atoms with Gasteiger partial charge in [0.1, 0.15) is 5.82 Å². The summed E-state index contributed by atoms with van der Waals surface area (Å²) in [7, 11) is 0. The van der Waals surface area contributed by atoms with E-state index in [1.165, 1.54) is 6.07 Å². The Balaban J connectivity index is 0.000000186. The van der Waals surface area contributed by atoms with Crippen LogP contribution in [-0.4, -0.2) is 0 Å². The lowest BCUT2D eigenvalue weighted by molar-refractivity contribution is 0.637. The third kappa shape index (κ3) is 0.918. The van der Waals surface area contributed by atoms with Gasteiger partial charge in [-0.25, -0.2) is 4.39 Å². The number of halogens is 1. The lowest BCUT2D eigenvalue weighted by Crippen LogP contribution is -2.02. The molecule has 9 heavy (non-hydrogen) atoms. The van der Waals surface area contributed by atoms with Crippen molar-refractivity contribution in [3.63, 3.8) is 0 Å². The second kappa shape index (κ2) is 2.13. The largest absolute Gasteiger partial charge is 0.274 e. The number of nitrogens with two attached hydrogens (primary N) is 2. The monoisotopic (exact) mass is 126 g/mol. The summed E-state index contributed by atoms with van der Waals surface area (Å²) in [6.45, 7) is 0. The standard InChI is InChI=1S/C6H3F.H4N2/c7-6-2-1-4-3-5(4)6;1-2/h1-3H;1-2H2. The van der Waals surface area contributed by atoms with Gasteiger partial charge < -0.3 is 0 Å². The van der Waals surface area contributed by atoms with E-state index in [-0.39, 0.29) is 5.82 Å². The van der Waals surface area contributed by atoms with E-state index >= 15 is 0 Å². The van der Waals surface area contributed by atoms with Crippen LogP contribution in [0.4, 0.5) is 4.39 Å². The van der Waals surface area contributed by atoms with Gasteiger partial charge in [0, 0.05) is 5.56 Å². The van der Waals surface area contributed by atoms with Crippen LogP contribution in [0, 0.1) is 5.82 Å². The molecule has 0 spiro atoms. The van der Waals surface area contributed by atoms with Crippen molar-refractivity contribution in [3.8, 4) is 11.1 Å². The highest BCUT2D eigenvalue weighted by molar-refractivity contribution is 5.81. The number of rotatable bonds is 0. The minimum absolute atomic E-state index is 0.0741. The molecule has 0 aromatic carbocycles. The van der Waals surface area contributed by atoms with Gasteiger partial charge in [-0.1, -0.05) is 6.07 Å². The zero-order chi connectivity index (χ0) is 6.85. The van der Waals surface area contributed by atoms with Gasteiger partial charge in [0.25, 0.3) is 0 Å². The van der Waals surface area contributed by atoms with Crippen LogP contribution in [0.5, 0.6) is 0 Å². The van der Waals surface area contributed by atoms with Gasteiger partial charge in [-0.05, 0) is 17.7 Å². The van der Waals surface area contributed by atoms with E-state index in [9.17, 15) is 4.39 Å². The Morgan fingerprint density at radius 1 is 1.22 bits per heavy atom. The lowest BCUT2D eigenvalue weighted by Gasteiger charge is -1.66. The molecule has 2 aliphatic rings. The van der Waals surface area contributed by atoms with E-state index in [1.54, 1.807) is 6.07 Å². The first-order valence-corrected chi connectivity index (χ1v) is 2.51. The molecule has 48 valence electrons. The Morgan fingerprint density at radius 2 is 1.89 bits per heavy atom. The van der Waals surface area contributed by atoms with Gasteiger partial charge in [0.15, 0.2) is 0 Å². The molecule has 0 aliphatic heterocycles. The van der Waals surface area contributed by atoms with Crippen LogP contribution in [0.2, 0.25) is 0 Å². The first kappa shape index (κ1) is 6.19. The summed E-state index contributed by atoms with van der Waals surface area (Å²) in [6, 6.07) is 5.10. The number of hydrazine groups is 1. The summed E-state index contributed by atoms with van der Waals surface area (Å²) in [6.07, 6.45) is 0. The molecule has 2 aliphatic carbocycles. The molecule has 2 nitrogen and oxygen atoms in total. The van der Waals surface area contributed by atoms with Crippen LogP contribution >= 0.6 is 0 Å². The zero-order valence-electron chi connectivity index (χ0n) is 4.76. The molecular weight excluding hydrogens is 119 g/mol. The molecular formula is C6H7FN2. The SMILES string of the molecule is Fc1ccc2cc1-2.NN. The molecule has 0 unspecified atom stereocenters. The van der Waals surface area contributed by atoms with Crippen molar-refractivity contribution in [2.45, 2.75) is 0 Å². The lowest BCUT2D eigenvalue weighted by atomic mass is 10.5. The molecule has 4 N–H and O–H groups in total. The number of fused-ring (bicyclic) bond motifs is 1. The molecule has 3 heteroatoms. The summed E-state index contributed by atoms with van der Waals surface area (Å²) in [5.74, 6) is 7.93. The maximum absolute atomic E-state index is 12.1. The number of hydrogen-bond donors (Lipinski definition) is 2. The maximum atomic E-state index is 12.1. The fraction of sp³-hybridized carbons (Fsp3) is 0. The normalized spacial score (nSPS) is 9.67. The van der Waals surface area contributed by atoms with Gasteiger partial charge in [-0.3, -0.25) is 11.7 Å². The number of benzene rings is 1. The molecule has 0 aromatic heterocycles. The van der Waals surface area contributed by atoms with Crippen molar-refractivity contribution in [2.75, 3.05) is 0 Å². The second-order valence-corrected chi connectivity index (χ2v) is 1.69. The smallest absolute Gasteiger partial charge is 0.131 e. The average molecular weight is 126 g/mol. The highest BCUT2D eigenvalue weighted by Gasteiger charge is 2.15. The minimum Gasteiger partial charge on any atom is -0.274 e. The molecule has 0 saturated carbocycles. The summed E-state index contributed by atoms with van der Waals surface area (Å²) >= 11 is 0. The molecule has 0 amide bonds. The Hall–Kier alpha value is -0.930. The fourth-order valence-corrected chi connectivity index (χ4v) is 0.717. The zero-order valence-corrected chi connectivity index (χ0v) is 4.76. The molecule has 0 bridgehead atoms.